The summed E-state index contributed by atoms with van der Waals surface area (Å²) in [6.45, 7) is 6.36. The Kier molecular flexibility index (Phi) is 48.5. The van der Waals surface area contributed by atoms with Crippen LogP contribution in [0.4, 0.5) is 0 Å². The molecule has 0 rings (SSSR count). The molecule has 0 aliphatic rings. The zero-order chi connectivity index (χ0) is 46.5. The lowest BCUT2D eigenvalue weighted by atomic mass is 10.1. The molecule has 0 aliphatic carbocycles. The zero-order valence-corrected chi connectivity index (χ0v) is 41.3. The lowest BCUT2D eigenvalue weighted by Gasteiger charge is -2.18. The Morgan fingerprint density at radius 2 is 0.688 bits per heavy atom. The van der Waals surface area contributed by atoms with E-state index in [-0.39, 0.29) is 37.5 Å². The third-order valence-electron chi connectivity index (χ3n) is 10.5. The number of rotatable bonds is 45. The van der Waals surface area contributed by atoms with Gasteiger partial charge in [0.15, 0.2) is 6.10 Å². The topological polar surface area (TPSA) is 78.9 Å². The summed E-state index contributed by atoms with van der Waals surface area (Å²) >= 11 is 0. The maximum atomic E-state index is 12.8. The molecule has 0 amide bonds. The van der Waals surface area contributed by atoms with Crippen LogP contribution in [-0.4, -0.2) is 37.2 Å². The van der Waals surface area contributed by atoms with Gasteiger partial charge in [-0.2, -0.15) is 0 Å². The average Bonchev–Trinajstić information content (AvgIpc) is 3.29. The summed E-state index contributed by atoms with van der Waals surface area (Å²) in [5, 5.41) is 0. The van der Waals surface area contributed by atoms with Crippen molar-refractivity contribution in [3.05, 3.63) is 109 Å². The van der Waals surface area contributed by atoms with E-state index in [4.69, 9.17) is 14.2 Å². The van der Waals surface area contributed by atoms with Crippen LogP contribution in [0.5, 0.6) is 0 Å². The van der Waals surface area contributed by atoms with Gasteiger partial charge in [0.05, 0.1) is 0 Å². The number of carbonyl (C=O) groups excluding carboxylic acids is 3. The molecule has 1 atom stereocenters. The molecular weight excluding hydrogens is 793 g/mol. The van der Waals surface area contributed by atoms with Crippen LogP contribution in [0.2, 0.25) is 0 Å². The molecular formula is C58H94O6. The van der Waals surface area contributed by atoms with Gasteiger partial charge < -0.3 is 14.2 Å². The lowest BCUT2D eigenvalue weighted by Crippen LogP contribution is -2.30. The third-order valence-corrected chi connectivity index (χ3v) is 10.5. The van der Waals surface area contributed by atoms with Gasteiger partial charge in [0.1, 0.15) is 13.2 Å². The number of hydrogen-bond acceptors (Lipinski definition) is 6. The van der Waals surface area contributed by atoms with E-state index in [1.165, 1.54) is 70.6 Å². The van der Waals surface area contributed by atoms with E-state index >= 15 is 0 Å². The number of carbonyl (C=O) groups is 3. The summed E-state index contributed by atoms with van der Waals surface area (Å²) in [6.07, 6.45) is 69.3. The van der Waals surface area contributed by atoms with Crippen molar-refractivity contribution in [2.24, 2.45) is 0 Å². The number of esters is 3. The highest BCUT2D eigenvalue weighted by atomic mass is 16.6. The van der Waals surface area contributed by atoms with Crippen molar-refractivity contribution in [3.63, 3.8) is 0 Å². The minimum atomic E-state index is -0.820. The monoisotopic (exact) mass is 887 g/mol. The molecule has 0 fully saturated rings. The molecule has 6 nitrogen and oxygen atoms in total. The van der Waals surface area contributed by atoms with E-state index in [0.29, 0.717) is 19.3 Å². The highest BCUT2D eigenvalue weighted by Crippen LogP contribution is 2.13. The first-order valence-electron chi connectivity index (χ1n) is 25.9. The van der Waals surface area contributed by atoms with E-state index in [0.717, 1.165) is 103 Å². The highest BCUT2D eigenvalue weighted by Gasteiger charge is 2.19. The van der Waals surface area contributed by atoms with Crippen molar-refractivity contribution in [2.75, 3.05) is 13.2 Å². The summed E-state index contributed by atoms with van der Waals surface area (Å²) < 4.78 is 16.7. The number of ether oxygens (including phenoxy) is 3. The van der Waals surface area contributed by atoms with E-state index in [1.54, 1.807) is 0 Å². The Labute approximate surface area is 393 Å². The highest BCUT2D eigenvalue weighted by molar-refractivity contribution is 5.71. The van der Waals surface area contributed by atoms with E-state index < -0.39 is 6.10 Å². The Morgan fingerprint density at radius 1 is 0.344 bits per heavy atom. The summed E-state index contributed by atoms with van der Waals surface area (Å²) in [5.41, 5.74) is 0. The minimum absolute atomic E-state index is 0.114. The van der Waals surface area contributed by atoms with Crippen LogP contribution in [0, 0.1) is 0 Å². The van der Waals surface area contributed by atoms with Gasteiger partial charge in [-0.05, 0) is 103 Å². The van der Waals surface area contributed by atoms with Crippen LogP contribution in [0.1, 0.15) is 220 Å². The molecule has 0 aromatic heterocycles. The average molecular weight is 887 g/mol. The van der Waals surface area contributed by atoms with Crippen molar-refractivity contribution in [1.82, 2.24) is 0 Å². The van der Waals surface area contributed by atoms with Crippen molar-refractivity contribution in [2.45, 2.75) is 226 Å². The molecule has 0 bridgehead atoms. The van der Waals surface area contributed by atoms with Gasteiger partial charge in [-0.3, -0.25) is 14.4 Å². The van der Waals surface area contributed by atoms with Crippen molar-refractivity contribution in [3.8, 4) is 0 Å². The Bertz CT molecular complexity index is 1340. The SMILES string of the molecule is CC/C=C\C/C=C\C/C=C\C/C=C\C/C=C\CCC(=O)OCC(COC(=O)CCCCCCCC/C=C\C=C/CCCCC)OC(=O)CCCCCCCC/C=C\C=C/CCCCC. The van der Waals surface area contributed by atoms with Gasteiger partial charge in [0, 0.05) is 19.3 Å². The fourth-order valence-corrected chi connectivity index (χ4v) is 6.65. The summed E-state index contributed by atoms with van der Waals surface area (Å²) in [4.78, 5) is 38.0. The second kappa shape index (κ2) is 51.7. The molecule has 0 saturated heterocycles. The maximum Gasteiger partial charge on any atom is 0.306 e. The van der Waals surface area contributed by atoms with E-state index in [2.05, 4.69) is 118 Å². The fraction of sp³-hybridized carbons (Fsp3) is 0.638. The first-order valence-corrected chi connectivity index (χ1v) is 25.9. The number of hydrogen-bond donors (Lipinski definition) is 0. The van der Waals surface area contributed by atoms with Crippen LogP contribution in [0.25, 0.3) is 0 Å². The van der Waals surface area contributed by atoms with Gasteiger partial charge >= 0.3 is 17.9 Å². The van der Waals surface area contributed by atoms with Crippen LogP contribution >= 0.6 is 0 Å². The van der Waals surface area contributed by atoms with Crippen molar-refractivity contribution in [1.29, 1.82) is 0 Å². The first kappa shape index (κ1) is 60.1. The molecule has 0 aliphatic heterocycles. The van der Waals surface area contributed by atoms with Gasteiger partial charge in [-0.1, -0.05) is 207 Å². The van der Waals surface area contributed by atoms with Gasteiger partial charge in [-0.25, -0.2) is 0 Å². The molecule has 0 saturated carbocycles. The largest absolute Gasteiger partial charge is 0.462 e. The molecule has 0 spiro atoms. The third kappa shape index (κ3) is 49.1. The second-order valence-corrected chi connectivity index (χ2v) is 16.7. The predicted octanol–water partition coefficient (Wildman–Crippen LogP) is 17.1. The summed E-state index contributed by atoms with van der Waals surface area (Å²) in [7, 11) is 0. The molecule has 0 aromatic carbocycles. The van der Waals surface area contributed by atoms with Crippen LogP contribution in [0.15, 0.2) is 109 Å². The lowest BCUT2D eigenvalue weighted by molar-refractivity contribution is -0.166. The smallest absolute Gasteiger partial charge is 0.306 e. The van der Waals surface area contributed by atoms with Crippen LogP contribution in [-0.2, 0) is 28.6 Å². The molecule has 6 heteroatoms. The quantitative estimate of drug-likeness (QED) is 0.0199. The van der Waals surface area contributed by atoms with Crippen molar-refractivity contribution < 1.29 is 28.6 Å². The molecule has 0 N–H and O–H groups in total. The van der Waals surface area contributed by atoms with Gasteiger partial charge in [0.2, 0.25) is 0 Å². The minimum Gasteiger partial charge on any atom is -0.462 e. The maximum absolute atomic E-state index is 12.8. The molecule has 0 aromatic rings. The number of unbranched alkanes of at least 4 members (excludes halogenated alkanes) is 18. The van der Waals surface area contributed by atoms with Crippen LogP contribution in [0.3, 0.4) is 0 Å². The van der Waals surface area contributed by atoms with E-state index in [9.17, 15) is 14.4 Å². The molecule has 1 unspecified atom stereocenters. The molecule has 0 heterocycles. The molecule has 0 radical (unpaired) electrons. The van der Waals surface area contributed by atoms with Gasteiger partial charge in [0.25, 0.3) is 0 Å². The number of allylic oxidation sites excluding steroid dienone is 18. The zero-order valence-electron chi connectivity index (χ0n) is 41.3. The van der Waals surface area contributed by atoms with Gasteiger partial charge in [-0.15, -0.1) is 0 Å². The predicted molar refractivity (Wildman–Crippen MR) is 274 cm³/mol. The normalized spacial score (nSPS) is 13.0. The van der Waals surface area contributed by atoms with E-state index in [1.807, 2.05) is 12.2 Å². The van der Waals surface area contributed by atoms with Crippen LogP contribution < -0.4 is 0 Å². The molecule has 362 valence electrons. The van der Waals surface area contributed by atoms with Crippen molar-refractivity contribution >= 4 is 17.9 Å². The first-order chi connectivity index (χ1) is 31.5. The standard InChI is InChI=1S/C58H94O6/c1-4-7-10-13-16-19-22-25-28-31-33-36-39-42-45-48-51-57(60)63-54-55(64-58(61)52-49-46-43-40-37-34-30-27-24-21-18-15-12-9-6-3)53-62-56(59)50-47-44-41-38-35-32-29-26-23-20-17-14-11-8-5-2/h7,10,16-21,23-28,33,36,42,45,55H,4-6,8-9,11-15,22,29-32,34-35,37-41,43-44,46-54H2,1-3H3/b10-7-,19-16-,20-17-,21-18-,26-23-,27-24-,28-25-,36-33-,45-42-. The summed E-state index contributed by atoms with van der Waals surface area (Å²) in [5.74, 6) is -1.03. The summed E-state index contributed by atoms with van der Waals surface area (Å²) in [6, 6.07) is 0. The molecule has 64 heavy (non-hydrogen) atoms. The Balaban J connectivity index is 4.55. The fourth-order valence-electron chi connectivity index (χ4n) is 6.65. The Morgan fingerprint density at radius 3 is 1.11 bits per heavy atom. The second-order valence-electron chi connectivity index (χ2n) is 16.7. The Hall–Kier alpha value is -3.93.